The zero-order valence-electron chi connectivity index (χ0n) is 12.7. The molecule has 0 bridgehead atoms. The number of aryl methyl sites for hydroxylation is 2. The molecule has 22 heavy (non-hydrogen) atoms. The maximum atomic E-state index is 5.57. The summed E-state index contributed by atoms with van der Waals surface area (Å²) in [7, 11) is 0. The van der Waals surface area contributed by atoms with Gasteiger partial charge in [0.05, 0.1) is 17.7 Å². The first kappa shape index (κ1) is 13.7. The maximum absolute atomic E-state index is 5.57. The highest BCUT2D eigenvalue weighted by Crippen LogP contribution is 2.35. The van der Waals surface area contributed by atoms with Gasteiger partial charge in [0.1, 0.15) is 6.04 Å². The van der Waals surface area contributed by atoms with E-state index in [-0.39, 0.29) is 6.04 Å². The van der Waals surface area contributed by atoms with E-state index in [1.165, 1.54) is 16.1 Å². The normalized spacial score (nSPS) is 18.5. The number of hydrogen-bond acceptors (Lipinski definition) is 5. The molecule has 5 nitrogen and oxygen atoms in total. The van der Waals surface area contributed by atoms with Crippen LogP contribution in [0.2, 0.25) is 0 Å². The highest BCUT2D eigenvalue weighted by atomic mass is 32.1. The van der Waals surface area contributed by atoms with Crippen molar-refractivity contribution in [1.29, 1.82) is 0 Å². The Kier molecular flexibility index (Phi) is 3.35. The number of nitrogens with zero attached hydrogens (tertiary/aromatic N) is 3. The maximum Gasteiger partial charge on any atom is 0.160 e. The molecule has 1 aliphatic heterocycles. The molecule has 0 spiro atoms. The molecule has 4 heterocycles. The van der Waals surface area contributed by atoms with Gasteiger partial charge in [-0.3, -0.25) is 4.90 Å². The molecule has 0 amide bonds. The van der Waals surface area contributed by atoms with Crippen molar-refractivity contribution in [3.63, 3.8) is 0 Å². The molecular weight excluding hydrogens is 296 g/mol. The molecule has 1 atom stereocenters. The second kappa shape index (κ2) is 5.37. The predicted octanol–water partition coefficient (Wildman–Crippen LogP) is 3.22. The Balaban J connectivity index is 1.72. The number of rotatable bonds is 3. The van der Waals surface area contributed by atoms with Gasteiger partial charge in [-0.2, -0.15) is 0 Å². The molecule has 6 heteroatoms. The molecule has 0 saturated carbocycles. The fraction of sp³-hybridized carbons (Fsp3) is 0.375. The van der Waals surface area contributed by atoms with Crippen LogP contribution in [0.5, 0.6) is 0 Å². The minimum absolute atomic E-state index is 0.0395. The first-order valence-electron chi connectivity index (χ1n) is 7.45. The number of imidazole rings is 1. The molecule has 0 fully saturated rings. The van der Waals surface area contributed by atoms with Crippen LogP contribution >= 0.6 is 11.3 Å². The van der Waals surface area contributed by atoms with E-state index in [1.54, 1.807) is 6.33 Å². The SMILES string of the molecule is Cc1cc(C2c3nc[nH]c3CCN2Cc2sccc2C)on1. The summed E-state index contributed by atoms with van der Waals surface area (Å²) < 4.78 is 5.57. The van der Waals surface area contributed by atoms with Gasteiger partial charge in [-0.15, -0.1) is 11.3 Å². The minimum Gasteiger partial charge on any atom is -0.359 e. The Hall–Kier alpha value is -1.92. The molecule has 0 radical (unpaired) electrons. The van der Waals surface area contributed by atoms with Crippen molar-refractivity contribution in [1.82, 2.24) is 20.0 Å². The van der Waals surface area contributed by atoms with E-state index in [0.717, 1.165) is 36.7 Å². The number of aromatic amines is 1. The average Bonchev–Trinajstić information content (AvgIpc) is 3.21. The summed E-state index contributed by atoms with van der Waals surface area (Å²) in [6.07, 6.45) is 2.77. The number of thiophene rings is 1. The Morgan fingerprint density at radius 1 is 1.45 bits per heavy atom. The third kappa shape index (κ3) is 2.28. The molecule has 3 aromatic rings. The number of H-pyrrole nitrogens is 1. The lowest BCUT2D eigenvalue weighted by atomic mass is 10.00. The van der Waals surface area contributed by atoms with Crippen molar-refractivity contribution in [2.24, 2.45) is 0 Å². The van der Waals surface area contributed by atoms with Crippen LogP contribution in [0.25, 0.3) is 0 Å². The van der Waals surface area contributed by atoms with Crippen LogP contribution in [0.1, 0.15) is 39.3 Å². The minimum atomic E-state index is 0.0395. The Morgan fingerprint density at radius 3 is 3.09 bits per heavy atom. The van der Waals surface area contributed by atoms with Crippen molar-refractivity contribution in [3.05, 3.63) is 57.1 Å². The van der Waals surface area contributed by atoms with Crippen molar-refractivity contribution < 1.29 is 4.52 Å². The zero-order valence-corrected chi connectivity index (χ0v) is 13.5. The van der Waals surface area contributed by atoms with Crippen LogP contribution in [0.4, 0.5) is 0 Å². The van der Waals surface area contributed by atoms with Gasteiger partial charge in [-0.05, 0) is 30.9 Å². The molecule has 1 aliphatic rings. The topological polar surface area (TPSA) is 58.0 Å². The van der Waals surface area contributed by atoms with Crippen LogP contribution in [0, 0.1) is 13.8 Å². The van der Waals surface area contributed by atoms with E-state index >= 15 is 0 Å². The van der Waals surface area contributed by atoms with E-state index in [9.17, 15) is 0 Å². The van der Waals surface area contributed by atoms with Crippen molar-refractivity contribution in [3.8, 4) is 0 Å². The third-order valence-corrected chi connectivity index (χ3v) is 5.26. The lowest BCUT2D eigenvalue weighted by Crippen LogP contribution is -2.35. The van der Waals surface area contributed by atoms with E-state index in [0.29, 0.717) is 0 Å². The lowest BCUT2D eigenvalue weighted by Gasteiger charge is -2.33. The monoisotopic (exact) mass is 314 g/mol. The second-order valence-electron chi connectivity index (χ2n) is 5.79. The lowest BCUT2D eigenvalue weighted by molar-refractivity contribution is 0.171. The molecule has 0 saturated heterocycles. The summed E-state index contributed by atoms with van der Waals surface area (Å²) in [6.45, 7) is 6.02. The van der Waals surface area contributed by atoms with Gasteiger partial charge in [0.2, 0.25) is 0 Å². The molecule has 3 aromatic heterocycles. The van der Waals surface area contributed by atoms with Gasteiger partial charge >= 0.3 is 0 Å². The second-order valence-corrected chi connectivity index (χ2v) is 6.79. The largest absolute Gasteiger partial charge is 0.359 e. The summed E-state index contributed by atoms with van der Waals surface area (Å²) in [4.78, 5) is 11.6. The molecule has 114 valence electrons. The van der Waals surface area contributed by atoms with Gasteiger partial charge in [-0.1, -0.05) is 5.16 Å². The number of fused-ring (bicyclic) bond motifs is 1. The zero-order chi connectivity index (χ0) is 15.1. The highest BCUT2D eigenvalue weighted by Gasteiger charge is 2.34. The fourth-order valence-corrected chi connectivity index (χ4v) is 4.00. The molecule has 0 aliphatic carbocycles. The van der Waals surface area contributed by atoms with Crippen LogP contribution in [-0.4, -0.2) is 26.6 Å². The molecular formula is C16H18N4OS. The van der Waals surface area contributed by atoms with Crippen molar-refractivity contribution >= 4 is 11.3 Å². The summed E-state index contributed by atoms with van der Waals surface area (Å²) in [5, 5.41) is 6.22. The van der Waals surface area contributed by atoms with Crippen LogP contribution in [0.15, 0.2) is 28.4 Å². The standard InChI is InChI=1S/C16H18N4OS/c1-10-4-6-22-14(10)8-20-5-3-12-15(18-9-17-12)16(20)13-7-11(2)19-21-13/h4,6-7,9,16H,3,5,8H2,1-2H3,(H,17,18). The number of aromatic nitrogens is 3. The first-order valence-corrected chi connectivity index (χ1v) is 8.32. The Bertz CT molecular complexity index is 788. The predicted molar refractivity (Wildman–Crippen MR) is 84.8 cm³/mol. The van der Waals surface area contributed by atoms with Crippen LogP contribution in [0.3, 0.4) is 0 Å². The van der Waals surface area contributed by atoms with Crippen LogP contribution in [-0.2, 0) is 13.0 Å². The van der Waals surface area contributed by atoms with Gasteiger partial charge in [0.25, 0.3) is 0 Å². The summed E-state index contributed by atoms with van der Waals surface area (Å²) in [5.41, 5.74) is 4.53. The smallest absolute Gasteiger partial charge is 0.160 e. The molecule has 0 aromatic carbocycles. The van der Waals surface area contributed by atoms with Crippen LogP contribution < -0.4 is 0 Å². The van der Waals surface area contributed by atoms with E-state index in [1.807, 2.05) is 24.3 Å². The Labute approximate surface area is 133 Å². The highest BCUT2D eigenvalue weighted by molar-refractivity contribution is 7.10. The van der Waals surface area contributed by atoms with Crippen molar-refractivity contribution in [2.45, 2.75) is 32.9 Å². The number of nitrogens with one attached hydrogen (secondary N) is 1. The van der Waals surface area contributed by atoms with Crippen molar-refractivity contribution in [2.75, 3.05) is 6.54 Å². The van der Waals surface area contributed by atoms with Gasteiger partial charge in [0.15, 0.2) is 5.76 Å². The van der Waals surface area contributed by atoms with E-state index in [2.05, 4.69) is 38.4 Å². The first-order chi connectivity index (χ1) is 10.7. The summed E-state index contributed by atoms with van der Waals surface area (Å²) in [6, 6.07) is 4.23. The Morgan fingerprint density at radius 2 is 2.36 bits per heavy atom. The molecule has 1 N–H and O–H groups in total. The fourth-order valence-electron chi connectivity index (χ4n) is 3.07. The van der Waals surface area contributed by atoms with E-state index in [4.69, 9.17) is 4.52 Å². The summed E-state index contributed by atoms with van der Waals surface area (Å²) >= 11 is 1.81. The van der Waals surface area contributed by atoms with Gasteiger partial charge in [-0.25, -0.2) is 4.98 Å². The quantitative estimate of drug-likeness (QED) is 0.806. The summed E-state index contributed by atoms with van der Waals surface area (Å²) in [5.74, 6) is 0.875. The number of hydrogen-bond donors (Lipinski definition) is 1. The van der Waals surface area contributed by atoms with E-state index < -0.39 is 0 Å². The molecule has 4 rings (SSSR count). The van der Waals surface area contributed by atoms with Gasteiger partial charge in [0, 0.05) is 36.1 Å². The molecule has 1 unspecified atom stereocenters. The third-order valence-electron chi connectivity index (χ3n) is 4.26. The average molecular weight is 314 g/mol. The van der Waals surface area contributed by atoms with Gasteiger partial charge < -0.3 is 9.51 Å².